The molecule has 0 amide bonds. The monoisotopic (exact) mass is 445 g/mol. The largest absolute Gasteiger partial charge is 0.488 e. The van der Waals surface area contributed by atoms with Crippen LogP contribution in [0.1, 0.15) is 31.4 Å². The van der Waals surface area contributed by atoms with Gasteiger partial charge < -0.3 is 19.7 Å². The molecule has 0 spiro atoms. The Morgan fingerprint density at radius 1 is 1.27 bits per heavy atom. The van der Waals surface area contributed by atoms with Gasteiger partial charge in [0, 0.05) is 36.9 Å². The van der Waals surface area contributed by atoms with Crippen LogP contribution in [0.4, 0.5) is 13.2 Å². The summed E-state index contributed by atoms with van der Waals surface area (Å²) in [6, 6.07) is 5.18. The first kappa shape index (κ1) is 23.5. The van der Waals surface area contributed by atoms with Crippen molar-refractivity contribution in [2.24, 2.45) is 0 Å². The molecule has 2 rings (SSSR count). The van der Waals surface area contributed by atoms with Gasteiger partial charge in [-0.25, -0.2) is 9.78 Å². The first-order valence-electron chi connectivity index (χ1n) is 8.67. The highest BCUT2D eigenvalue weighted by atomic mass is 35.5. The Hall–Kier alpha value is -2.78. The van der Waals surface area contributed by atoms with Crippen LogP contribution < -0.4 is 9.47 Å². The van der Waals surface area contributed by atoms with E-state index in [4.69, 9.17) is 31.3 Å². The Kier molecular flexibility index (Phi) is 7.33. The lowest BCUT2D eigenvalue weighted by molar-refractivity contribution is -0.138. The number of nitrogens with zero attached hydrogens (tertiary/aromatic N) is 1. The summed E-state index contributed by atoms with van der Waals surface area (Å²) in [5.41, 5.74) is -1.44. The van der Waals surface area contributed by atoms with Gasteiger partial charge in [-0.05, 0) is 38.1 Å². The highest BCUT2D eigenvalue weighted by Crippen LogP contribution is 2.37. The second-order valence-corrected chi connectivity index (χ2v) is 7.22. The van der Waals surface area contributed by atoms with Crippen molar-refractivity contribution < 1.29 is 37.7 Å². The van der Waals surface area contributed by atoms with Crippen molar-refractivity contribution in [1.29, 1.82) is 0 Å². The molecule has 0 radical (unpaired) electrons. The lowest BCUT2D eigenvalue weighted by atomic mass is 10.1. The zero-order chi connectivity index (χ0) is 22.5. The van der Waals surface area contributed by atoms with Crippen LogP contribution in [0.3, 0.4) is 0 Å². The smallest absolute Gasteiger partial charge is 0.417 e. The van der Waals surface area contributed by atoms with Gasteiger partial charge in [0.25, 0.3) is 0 Å². The van der Waals surface area contributed by atoms with Crippen molar-refractivity contribution in [2.45, 2.75) is 32.0 Å². The topological polar surface area (TPSA) is 88.9 Å². The summed E-state index contributed by atoms with van der Waals surface area (Å²) < 4.78 is 49.8. The number of carboxylic acids is 1. The van der Waals surface area contributed by atoms with E-state index in [1.807, 2.05) is 0 Å². The third-order valence-corrected chi connectivity index (χ3v) is 4.11. The molecule has 30 heavy (non-hydrogen) atoms. The molecule has 10 heteroatoms. The molecular formula is C20H19ClF3NO5. The second kappa shape index (κ2) is 9.36. The lowest BCUT2D eigenvalue weighted by Crippen LogP contribution is -2.29. The molecule has 0 unspecified atom stereocenters. The summed E-state index contributed by atoms with van der Waals surface area (Å²) in [5, 5.41) is 17.6. The fraction of sp³-hybridized carbons (Fsp3) is 0.300. The maximum absolute atomic E-state index is 12.8. The Bertz CT molecular complexity index is 945. The number of hydrogen-bond acceptors (Lipinski definition) is 5. The molecule has 2 N–H and O–H groups in total. The van der Waals surface area contributed by atoms with Crippen molar-refractivity contribution in [3.63, 3.8) is 0 Å². The summed E-state index contributed by atoms with van der Waals surface area (Å²) in [7, 11) is 0. The lowest BCUT2D eigenvalue weighted by Gasteiger charge is -2.26. The standard InChI is InChI=1S/C20H19ClF3NO5/c1-19(2,7-8-26)30-14-5-3-12(4-6-17(27)28)16(10-14)29-18-15(21)9-13(11-25-18)20(22,23)24/h3-6,9-11,26H,7-8H2,1-2H3,(H,27,28). The number of carbonyl (C=O) groups is 1. The molecule has 0 fully saturated rings. The number of aliphatic carboxylic acids is 1. The summed E-state index contributed by atoms with van der Waals surface area (Å²) in [6.45, 7) is 3.42. The molecule has 1 heterocycles. The normalized spacial score (nSPS) is 12.2. The molecule has 0 aliphatic rings. The number of carboxylic acid groups (broad SMARTS) is 1. The van der Waals surface area contributed by atoms with Crippen molar-refractivity contribution in [3.05, 3.63) is 52.7 Å². The van der Waals surface area contributed by atoms with Crippen LogP contribution in [0.5, 0.6) is 17.4 Å². The molecule has 1 aromatic carbocycles. The minimum Gasteiger partial charge on any atom is -0.488 e. The second-order valence-electron chi connectivity index (χ2n) is 6.82. The fourth-order valence-corrected chi connectivity index (χ4v) is 2.57. The predicted molar refractivity (Wildman–Crippen MR) is 104 cm³/mol. The summed E-state index contributed by atoms with van der Waals surface area (Å²) in [6.07, 6.45) is -1.57. The molecule has 0 aliphatic carbocycles. The van der Waals surface area contributed by atoms with Gasteiger partial charge in [-0.15, -0.1) is 0 Å². The van der Waals surface area contributed by atoms with Crippen LogP contribution in [-0.4, -0.2) is 33.4 Å². The SMILES string of the molecule is CC(C)(CCO)Oc1ccc(C=CC(=O)O)c(Oc2ncc(C(F)(F)F)cc2Cl)c1. The van der Waals surface area contributed by atoms with Gasteiger partial charge in [0.2, 0.25) is 5.88 Å². The number of aliphatic hydroxyl groups is 1. The molecule has 1 aromatic heterocycles. The van der Waals surface area contributed by atoms with Crippen LogP contribution in [0, 0.1) is 0 Å². The van der Waals surface area contributed by atoms with E-state index in [1.165, 1.54) is 18.2 Å². The molecule has 0 saturated carbocycles. The number of aliphatic hydroxyl groups excluding tert-OH is 1. The highest BCUT2D eigenvalue weighted by Gasteiger charge is 2.32. The first-order chi connectivity index (χ1) is 13.9. The maximum atomic E-state index is 12.8. The van der Waals surface area contributed by atoms with Crippen LogP contribution in [0.15, 0.2) is 36.5 Å². The van der Waals surface area contributed by atoms with Gasteiger partial charge >= 0.3 is 12.1 Å². The summed E-state index contributed by atoms with van der Waals surface area (Å²) >= 11 is 5.89. The Balaban J connectivity index is 2.42. The van der Waals surface area contributed by atoms with Gasteiger partial charge in [-0.3, -0.25) is 0 Å². The molecule has 2 aromatic rings. The van der Waals surface area contributed by atoms with E-state index in [-0.39, 0.29) is 23.3 Å². The van der Waals surface area contributed by atoms with Gasteiger partial charge in [0.15, 0.2) is 0 Å². The molecular weight excluding hydrogens is 427 g/mol. The van der Waals surface area contributed by atoms with E-state index < -0.39 is 23.3 Å². The number of ether oxygens (including phenoxy) is 2. The third-order valence-electron chi connectivity index (χ3n) is 3.84. The van der Waals surface area contributed by atoms with Crippen molar-refractivity contribution in [2.75, 3.05) is 6.61 Å². The molecule has 0 aliphatic heterocycles. The molecule has 0 atom stereocenters. The Morgan fingerprint density at radius 3 is 2.53 bits per heavy atom. The van der Waals surface area contributed by atoms with Crippen LogP contribution >= 0.6 is 11.6 Å². The Morgan fingerprint density at radius 2 is 1.97 bits per heavy atom. The van der Waals surface area contributed by atoms with E-state index in [1.54, 1.807) is 19.9 Å². The average molecular weight is 446 g/mol. The zero-order valence-electron chi connectivity index (χ0n) is 16.0. The van der Waals surface area contributed by atoms with Crippen LogP contribution in [-0.2, 0) is 11.0 Å². The number of hydrogen-bond donors (Lipinski definition) is 2. The van der Waals surface area contributed by atoms with Gasteiger partial charge in [0.1, 0.15) is 22.1 Å². The quantitative estimate of drug-likeness (QED) is 0.544. The number of aromatic nitrogens is 1. The molecule has 162 valence electrons. The van der Waals surface area contributed by atoms with Crippen LogP contribution in [0.2, 0.25) is 5.02 Å². The molecule has 6 nitrogen and oxygen atoms in total. The van der Waals surface area contributed by atoms with E-state index in [2.05, 4.69) is 4.98 Å². The number of pyridine rings is 1. The number of benzene rings is 1. The van der Waals surface area contributed by atoms with Crippen molar-refractivity contribution >= 4 is 23.6 Å². The maximum Gasteiger partial charge on any atom is 0.417 e. The predicted octanol–water partition coefficient (Wildman–Crippen LogP) is 5.18. The number of rotatable bonds is 8. The number of halogens is 4. The molecule has 0 bridgehead atoms. The first-order valence-corrected chi connectivity index (χ1v) is 9.04. The van der Waals surface area contributed by atoms with E-state index >= 15 is 0 Å². The third kappa shape index (κ3) is 6.64. The van der Waals surface area contributed by atoms with E-state index in [0.717, 1.165) is 6.08 Å². The highest BCUT2D eigenvalue weighted by molar-refractivity contribution is 6.31. The van der Waals surface area contributed by atoms with E-state index in [0.29, 0.717) is 30.0 Å². The van der Waals surface area contributed by atoms with Crippen molar-refractivity contribution in [1.82, 2.24) is 4.98 Å². The molecule has 0 saturated heterocycles. The van der Waals surface area contributed by atoms with Crippen LogP contribution in [0.25, 0.3) is 6.08 Å². The number of alkyl halides is 3. The minimum atomic E-state index is -4.61. The van der Waals surface area contributed by atoms with E-state index in [9.17, 15) is 18.0 Å². The average Bonchev–Trinajstić information content (AvgIpc) is 2.61. The zero-order valence-corrected chi connectivity index (χ0v) is 16.8. The Labute approximate surface area is 175 Å². The van der Waals surface area contributed by atoms with Crippen molar-refractivity contribution in [3.8, 4) is 17.4 Å². The summed E-state index contributed by atoms with van der Waals surface area (Å²) in [5.74, 6) is -1.09. The van der Waals surface area contributed by atoms with Gasteiger partial charge in [0.05, 0.1) is 5.56 Å². The van der Waals surface area contributed by atoms with Gasteiger partial charge in [-0.1, -0.05) is 11.6 Å². The van der Waals surface area contributed by atoms with Gasteiger partial charge in [-0.2, -0.15) is 13.2 Å². The summed E-state index contributed by atoms with van der Waals surface area (Å²) in [4.78, 5) is 14.5. The minimum absolute atomic E-state index is 0.0685. The fourth-order valence-electron chi connectivity index (χ4n) is 2.36.